The lowest BCUT2D eigenvalue weighted by Crippen LogP contribution is -2.15. The number of nitrogens with one attached hydrogen (secondary N) is 1. The molecule has 0 saturated heterocycles. The fourth-order valence-corrected chi connectivity index (χ4v) is 1.94. The standard InChI is InChI=1S/C15H15ClN2O/c16-12-1-5-14(6-2-12)19-15-7-8-17-9-11(15)10-18-13-3-4-13/h1-2,5-9,13,18H,3-4,10H2. The van der Waals surface area contributed by atoms with Crippen molar-refractivity contribution in [1.82, 2.24) is 10.3 Å². The van der Waals surface area contributed by atoms with Gasteiger partial charge in [-0.15, -0.1) is 0 Å². The van der Waals surface area contributed by atoms with Crippen LogP contribution in [-0.2, 0) is 6.54 Å². The normalized spacial score (nSPS) is 14.4. The lowest BCUT2D eigenvalue weighted by molar-refractivity contribution is 0.471. The van der Waals surface area contributed by atoms with Crippen LogP contribution in [0.15, 0.2) is 42.7 Å². The van der Waals surface area contributed by atoms with Crippen LogP contribution in [0.5, 0.6) is 11.5 Å². The molecule has 1 aliphatic rings. The van der Waals surface area contributed by atoms with E-state index in [0.717, 1.165) is 23.6 Å². The van der Waals surface area contributed by atoms with Crippen molar-refractivity contribution in [3.05, 3.63) is 53.3 Å². The molecule has 0 bridgehead atoms. The Bertz CT molecular complexity index is 552. The number of hydrogen-bond donors (Lipinski definition) is 1. The van der Waals surface area contributed by atoms with Crippen LogP contribution < -0.4 is 10.1 Å². The highest BCUT2D eigenvalue weighted by molar-refractivity contribution is 6.30. The van der Waals surface area contributed by atoms with E-state index in [0.29, 0.717) is 11.1 Å². The smallest absolute Gasteiger partial charge is 0.134 e. The SMILES string of the molecule is Clc1ccc(Oc2ccncc2CNC2CC2)cc1. The summed E-state index contributed by atoms with van der Waals surface area (Å²) in [5.41, 5.74) is 1.07. The molecule has 0 spiro atoms. The van der Waals surface area contributed by atoms with Crippen LogP contribution in [0.4, 0.5) is 0 Å². The van der Waals surface area contributed by atoms with Crippen molar-refractivity contribution in [2.75, 3.05) is 0 Å². The predicted octanol–water partition coefficient (Wildman–Crippen LogP) is 3.78. The van der Waals surface area contributed by atoms with Crippen molar-refractivity contribution in [1.29, 1.82) is 0 Å². The molecule has 0 radical (unpaired) electrons. The zero-order chi connectivity index (χ0) is 13.1. The van der Waals surface area contributed by atoms with E-state index < -0.39 is 0 Å². The largest absolute Gasteiger partial charge is 0.457 e. The van der Waals surface area contributed by atoms with E-state index in [1.807, 2.05) is 36.5 Å². The van der Waals surface area contributed by atoms with Crippen molar-refractivity contribution in [2.45, 2.75) is 25.4 Å². The lowest BCUT2D eigenvalue weighted by Gasteiger charge is -2.11. The molecule has 0 amide bonds. The van der Waals surface area contributed by atoms with Crippen molar-refractivity contribution in [2.24, 2.45) is 0 Å². The third-order valence-electron chi connectivity index (χ3n) is 3.06. The second-order valence-corrected chi connectivity index (χ2v) is 5.13. The Labute approximate surface area is 117 Å². The summed E-state index contributed by atoms with van der Waals surface area (Å²) in [6, 6.07) is 9.92. The van der Waals surface area contributed by atoms with E-state index in [4.69, 9.17) is 16.3 Å². The minimum atomic E-state index is 0.670. The first kappa shape index (κ1) is 12.5. The second kappa shape index (κ2) is 5.59. The molecule has 1 aromatic carbocycles. The van der Waals surface area contributed by atoms with Gasteiger partial charge in [0.15, 0.2) is 0 Å². The van der Waals surface area contributed by atoms with Crippen LogP contribution >= 0.6 is 11.6 Å². The molecule has 1 aromatic heterocycles. The van der Waals surface area contributed by atoms with Gasteiger partial charge in [0.2, 0.25) is 0 Å². The molecule has 1 aliphatic carbocycles. The molecule has 3 rings (SSSR count). The monoisotopic (exact) mass is 274 g/mol. The molecule has 1 fully saturated rings. The zero-order valence-electron chi connectivity index (χ0n) is 10.5. The van der Waals surface area contributed by atoms with Crippen LogP contribution in [0.3, 0.4) is 0 Å². The van der Waals surface area contributed by atoms with Crippen LogP contribution in [0, 0.1) is 0 Å². The number of halogens is 1. The summed E-state index contributed by atoms with van der Waals surface area (Å²) in [5.74, 6) is 1.62. The molecule has 4 heteroatoms. The van der Waals surface area contributed by atoms with Gasteiger partial charge < -0.3 is 10.1 Å². The summed E-state index contributed by atoms with van der Waals surface area (Å²) in [4.78, 5) is 4.16. The zero-order valence-corrected chi connectivity index (χ0v) is 11.2. The molecule has 1 saturated carbocycles. The first-order valence-electron chi connectivity index (χ1n) is 6.41. The molecular formula is C15H15ClN2O. The third-order valence-corrected chi connectivity index (χ3v) is 3.31. The minimum Gasteiger partial charge on any atom is -0.457 e. The Morgan fingerprint density at radius 1 is 1.21 bits per heavy atom. The van der Waals surface area contributed by atoms with Crippen LogP contribution in [-0.4, -0.2) is 11.0 Å². The molecule has 1 heterocycles. The summed E-state index contributed by atoms with van der Waals surface area (Å²) in [5, 5.41) is 4.17. The van der Waals surface area contributed by atoms with Crippen LogP contribution in [0.1, 0.15) is 18.4 Å². The van der Waals surface area contributed by atoms with Crippen molar-refractivity contribution >= 4 is 11.6 Å². The maximum Gasteiger partial charge on any atom is 0.134 e. The quantitative estimate of drug-likeness (QED) is 0.901. The van der Waals surface area contributed by atoms with Crippen LogP contribution in [0.2, 0.25) is 5.02 Å². The maximum atomic E-state index is 5.88. The van der Waals surface area contributed by atoms with Gasteiger partial charge in [-0.25, -0.2) is 0 Å². The maximum absolute atomic E-state index is 5.88. The van der Waals surface area contributed by atoms with E-state index in [1.54, 1.807) is 6.20 Å². The molecule has 2 aromatic rings. The molecule has 0 aliphatic heterocycles. The van der Waals surface area contributed by atoms with Crippen LogP contribution in [0.25, 0.3) is 0 Å². The third kappa shape index (κ3) is 3.46. The Hall–Kier alpha value is -1.58. The van der Waals surface area contributed by atoms with Gasteiger partial charge in [0.1, 0.15) is 11.5 Å². The molecule has 0 atom stereocenters. The first-order valence-corrected chi connectivity index (χ1v) is 6.79. The number of rotatable bonds is 5. The van der Waals surface area contributed by atoms with E-state index in [1.165, 1.54) is 12.8 Å². The molecular weight excluding hydrogens is 260 g/mol. The fraction of sp³-hybridized carbons (Fsp3) is 0.267. The average Bonchev–Trinajstić information content (AvgIpc) is 3.25. The van der Waals surface area contributed by atoms with Gasteiger partial charge >= 0.3 is 0 Å². The van der Waals surface area contributed by atoms with Gasteiger partial charge in [-0.2, -0.15) is 0 Å². The van der Waals surface area contributed by atoms with Gasteiger partial charge in [-0.05, 0) is 43.2 Å². The van der Waals surface area contributed by atoms with Crippen molar-refractivity contribution < 1.29 is 4.74 Å². The van der Waals surface area contributed by atoms with Gasteiger partial charge in [0.05, 0.1) is 0 Å². The van der Waals surface area contributed by atoms with Gasteiger partial charge in [-0.1, -0.05) is 11.6 Å². The molecule has 98 valence electrons. The lowest BCUT2D eigenvalue weighted by atomic mass is 10.2. The van der Waals surface area contributed by atoms with E-state index in [-0.39, 0.29) is 0 Å². The minimum absolute atomic E-state index is 0.670. The number of benzene rings is 1. The highest BCUT2D eigenvalue weighted by Gasteiger charge is 2.20. The van der Waals surface area contributed by atoms with E-state index >= 15 is 0 Å². The summed E-state index contributed by atoms with van der Waals surface area (Å²) in [6.07, 6.45) is 6.13. The molecule has 1 N–H and O–H groups in total. The Morgan fingerprint density at radius 3 is 2.74 bits per heavy atom. The second-order valence-electron chi connectivity index (χ2n) is 4.69. The highest BCUT2D eigenvalue weighted by atomic mass is 35.5. The molecule has 0 unspecified atom stereocenters. The number of aromatic nitrogens is 1. The summed E-state index contributed by atoms with van der Waals surface area (Å²) in [6.45, 7) is 0.793. The van der Waals surface area contributed by atoms with Gasteiger partial charge in [-0.3, -0.25) is 4.98 Å². The Morgan fingerprint density at radius 2 is 2.00 bits per heavy atom. The predicted molar refractivity (Wildman–Crippen MR) is 75.6 cm³/mol. The number of ether oxygens (including phenoxy) is 1. The average molecular weight is 275 g/mol. The molecule has 19 heavy (non-hydrogen) atoms. The summed E-state index contributed by atoms with van der Waals surface area (Å²) < 4.78 is 5.88. The number of nitrogens with zero attached hydrogens (tertiary/aromatic N) is 1. The summed E-state index contributed by atoms with van der Waals surface area (Å²) >= 11 is 5.86. The summed E-state index contributed by atoms with van der Waals surface area (Å²) in [7, 11) is 0. The van der Waals surface area contributed by atoms with Crippen molar-refractivity contribution in [3.63, 3.8) is 0 Å². The Kier molecular flexibility index (Phi) is 3.67. The number of pyridine rings is 1. The highest BCUT2D eigenvalue weighted by Crippen LogP contribution is 2.27. The van der Waals surface area contributed by atoms with Crippen molar-refractivity contribution in [3.8, 4) is 11.5 Å². The molecule has 3 nitrogen and oxygen atoms in total. The fourth-order valence-electron chi connectivity index (χ4n) is 1.82. The van der Waals surface area contributed by atoms with E-state index in [9.17, 15) is 0 Å². The number of hydrogen-bond acceptors (Lipinski definition) is 3. The topological polar surface area (TPSA) is 34.1 Å². The van der Waals surface area contributed by atoms with Gasteiger partial charge in [0, 0.05) is 35.6 Å². The van der Waals surface area contributed by atoms with E-state index in [2.05, 4.69) is 10.3 Å². The Balaban J connectivity index is 1.73. The first-order chi connectivity index (χ1) is 9.31. The van der Waals surface area contributed by atoms with Gasteiger partial charge in [0.25, 0.3) is 0 Å².